The Bertz CT molecular complexity index is 311. The number of pyridine rings is 1. The quantitative estimate of drug-likeness (QED) is 0.605. The summed E-state index contributed by atoms with van der Waals surface area (Å²) < 4.78 is 0. The molecular formula is C7H7N3O2. The molecule has 0 aliphatic carbocycles. The molecule has 1 aromatic heterocycles. The molecule has 0 radical (unpaired) electrons. The second-order valence-electron chi connectivity index (χ2n) is 2.06. The fourth-order valence-corrected chi connectivity index (χ4v) is 0.723. The van der Waals surface area contributed by atoms with Crippen molar-refractivity contribution in [3.05, 3.63) is 24.0 Å². The molecule has 0 saturated carbocycles. The zero-order valence-corrected chi connectivity index (χ0v) is 6.15. The molecule has 0 aliphatic heterocycles. The van der Waals surface area contributed by atoms with Gasteiger partial charge >= 0.3 is 0 Å². The summed E-state index contributed by atoms with van der Waals surface area (Å²) in [6.07, 6.45) is 1.91. The van der Waals surface area contributed by atoms with E-state index in [9.17, 15) is 9.59 Å². The molecule has 0 spiro atoms. The first-order chi connectivity index (χ1) is 5.74. The zero-order chi connectivity index (χ0) is 8.97. The predicted octanol–water partition coefficient (Wildman–Crippen LogP) is -0.251. The molecule has 5 heteroatoms. The first-order valence-corrected chi connectivity index (χ1v) is 3.20. The molecule has 12 heavy (non-hydrogen) atoms. The Hall–Kier alpha value is -1.91. The lowest BCUT2D eigenvalue weighted by atomic mass is 10.3. The van der Waals surface area contributed by atoms with Crippen molar-refractivity contribution < 1.29 is 9.59 Å². The average Bonchev–Trinajstić information content (AvgIpc) is 2.05. The van der Waals surface area contributed by atoms with E-state index in [1.54, 1.807) is 6.07 Å². The number of amides is 2. The molecule has 0 atom stereocenters. The number of nitrogens with zero attached hydrogens (tertiary/aromatic N) is 1. The second kappa shape index (κ2) is 3.47. The summed E-state index contributed by atoms with van der Waals surface area (Å²) in [6.45, 7) is 0. The van der Waals surface area contributed by atoms with E-state index in [0.29, 0.717) is 12.1 Å². The molecule has 3 N–H and O–H groups in total. The van der Waals surface area contributed by atoms with Crippen molar-refractivity contribution in [1.29, 1.82) is 0 Å². The number of carbonyl (C=O) groups excluding carboxylic acids is 2. The summed E-state index contributed by atoms with van der Waals surface area (Å²) in [4.78, 5) is 24.3. The maximum Gasteiger partial charge on any atom is 0.267 e. The number of nitrogens with two attached hydrogens (primary N) is 1. The lowest BCUT2D eigenvalue weighted by molar-refractivity contribution is -0.105. The Balaban J connectivity index is 2.95. The molecule has 1 aromatic rings. The van der Waals surface area contributed by atoms with Crippen molar-refractivity contribution in [3.63, 3.8) is 0 Å². The maximum absolute atomic E-state index is 10.6. The average molecular weight is 165 g/mol. The number of anilines is 1. The highest BCUT2D eigenvalue weighted by atomic mass is 16.1. The highest BCUT2D eigenvalue weighted by Crippen LogP contribution is 2.05. The van der Waals surface area contributed by atoms with E-state index in [0.717, 1.165) is 0 Å². The Morgan fingerprint density at radius 1 is 1.67 bits per heavy atom. The van der Waals surface area contributed by atoms with E-state index in [4.69, 9.17) is 5.73 Å². The third-order valence-corrected chi connectivity index (χ3v) is 1.24. The van der Waals surface area contributed by atoms with Crippen LogP contribution in [0.5, 0.6) is 0 Å². The van der Waals surface area contributed by atoms with Gasteiger partial charge in [-0.3, -0.25) is 14.6 Å². The van der Waals surface area contributed by atoms with Crippen molar-refractivity contribution >= 4 is 18.0 Å². The van der Waals surface area contributed by atoms with Gasteiger partial charge in [-0.25, -0.2) is 0 Å². The third kappa shape index (κ3) is 1.79. The summed E-state index contributed by atoms with van der Waals surface area (Å²) in [7, 11) is 0. The minimum atomic E-state index is -0.621. The van der Waals surface area contributed by atoms with E-state index < -0.39 is 5.91 Å². The molecule has 5 nitrogen and oxygen atoms in total. The molecule has 1 rings (SSSR count). The lowest BCUT2D eigenvalue weighted by Crippen LogP contribution is -2.13. The molecule has 0 unspecified atom stereocenters. The minimum absolute atomic E-state index is 0.127. The minimum Gasteiger partial charge on any atom is -0.364 e. The van der Waals surface area contributed by atoms with Crippen LogP contribution < -0.4 is 11.1 Å². The largest absolute Gasteiger partial charge is 0.364 e. The van der Waals surface area contributed by atoms with Crippen LogP contribution in [0.25, 0.3) is 0 Å². The molecule has 0 aliphatic rings. The fourth-order valence-electron chi connectivity index (χ4n) is 0.723. The van der Waals surface area contributed by atoms with Gasteiger partial charge in [0.1, 0.15) is 5.69 Å². The number of hydrogen-bond donors (Lipinski definition) is 2. The van der Waals surface area contributed by atoms with Gasteiger partial charge in [-0.1, -0.05) is 0 Å². The van der Waals surface area contributed by atoms with Crippen LogP contribution in [0.2, 0.25) is 0 Å². The Morgan fingerprint density at radius 3 is 3.00 bits per heavy atom. The van der Waals surface area contributed by atoms with E-state index in [1.165, 1.54) is 12.3 Å². The topological polar surface area (TPSA) is 85.1 Å². The summed E-state index contributed by atoms with van der Waals surface area (Å²) in [5, 5.41) is 2.37. The molecule has 62 valence electrons. The molecule has 0 fully saturated rings. The fraction of sp³-hybridized carbons (Fsp3) is 0. The molecular weight excluding hydrogens is 158 g/mol. The Morgan fingerprint density at radius 2 is 2.42 bits per heavy atom. The first-order valence-electron chi connectivity index (χ1n) is 3.20. The van der Waals surface area contributed by atoms with E-state index in [1.807, 2.05) is 0 Å². The standard InChI is InChI=1S/C7H7N3O2/c8-7(12)6-3-5(10-4-11)1-2-9-6/h1-4H,(H2,8,12)(H,9,10,11). The van der Waals surface area contributed by atoms with Crippen LogP contribution in [0.3, 0.4) is 0 Å². The molecule has 1 heterocycles. The summed E-state index contributed by atoms with van der Waals surface area (Å²) in [5.74, 6) is -0.621. The number of rotatable bonds is 3. The SMILES string of the molecule is NC(=O)c1cc(NC=O)ccn1. The highest BCUT2D eigenvalue weighted by molar-refractivity contribution is 5.92. The van der Waals surface area contributed by atoms with Crippen molar-refractivity contribution in [1.82, 2.24) is 4.98 Å². The number of aromatic nitrogens is 1. The molecule has 0 bridgehead atoms. The number of hydrogen-bond acceptors (Lipinski definition) is 3. The van der Waals surface area contributed by atoms with E-state index in [-0.39, 0.29) is 5.69 Å². The Labute approximate surface area is 68.6 Å². The van der Waals surface area contributed by atoms with Gasteiger partial charge in [0.05, 0.1) is 0 Å². The van der Waals surface area contributed by atoms with E-state index >= 15 is 0 Å². The molecule has 0 saturated heterocycles. The van der Waals surface area contributed by atoms with Gasteiger partial charge in [0.2, 0.25) is 6.41 Å². The molecule has 2 amide bonds. The Kier molecular flexibility index (Phi) is 2.37. The lowest BCUT2D eigenvalue weighted by Gasteiger charge is -1.98. The van der Waals surface area contributed by atoms with Gasteiger partial charge in [0, 0.05) is 11.9 Å². The van der Waals surface area contributed by atoms with Crippen LogP contribution in [0.1, 0.15) is 10.5 Å². The van der Waals surface area contributed by atoms with E-state index in [2.05, 4.69) is 10.3 Å². The van der Waals surface area contributed by atoms with Gasteiger partial charge < -0.3 is 11.1 Å². The van der Waals surface area contributed by atoms with Crippen molar-refractivity contribution in [2.75, 3.05) is 5.32 Å². The van der Waals surface area contributed by atoms with Gasteiger partial charge in [-0.05, 0) is 12.1 Å². The van der Waals surface area contributed by atoms with Crippen molar-refractivity contribution in [2.45, 2.75) is 0 Å². The third-order valence-electron chi connectivity index (χ3n) is 1.24. The summed E-state index contributed by atoms with van der Waals surface area (Å²) in [5.41, 5.74) is 5.58. The normalized spacial score (nSPS) is 9.00. The van der Waals surface area contributed by atoms with Crippen LogP contribution in [-0.4, -0.2) is 17.3 Å². The van der Waals surface area contributed by atoms with Crippen LogP contribution in [0, 0.1) is 0 Å². The number of nitrogens with one attached hydrogen (secondary N) is 1. The zero-order valence-electron chi connectivity index (χ0n) is 6.15. The van der Waals surface area contributed by atoms with Crippen molar-refractivity contribution in [3.8, 4) is 0 Å². The van der Waals surface area contributed by atoms with Gasteiger partial charge in [-0.2, -0.15) is 0 Å². The van der Waals surface area contributed by atoms with Crippen molar-refractivity contribution in [2.24, 2.45) is 5.73 Å². The molecule has 0 aromatic carbocycles. The predicted molar refractivity (Wildman–Crippen MR) is 42.4 cm³/mol. The summed E-state index contributed by atoms with van der Waals surface area (Å²) >= 11 is 0. The van der Waals surface area contributed by atoms with Crippen LogP contribution in [0.15, 0.2) is 18.3 Å². The van der Waals surface area contributed by atoms with Gasteiger partial charge in [0.15, 0.2) is 0 Å². The highest BCUT2D eigenvalue weighted by Gasteiger charge is 2.01. The van der Waals surface area contributed by atoms with Crippen LogP contribution in [0.4, 0.5) is 5.69 Å². The monoisotopic (exact) mass is 165 g/mol. The smallest absolute Gasteiger partial charge is 0.267 e. The maximum atomic E-state index is 10.6. The van der Waals surface area contributed by atoms with Crippen LogP contribution in [-0.2, 0) is 4.79 Å². The van der Waals surface area contributed by atoms with Gasteiger partial charge in [-0.15, -0.1) is 0 Å². The number of carbonyl (C=O) groups is 2. The van der Waals surface area contributed by atoms with Crippen LogP contribution >= 0.6 is 0 Å². The van der Waals surface area contributed by atoms with Gasteiger partial charge in [0.25, 0.3) is 5.91 Å². The number of primary amides is 1. The second-order valence-corrected chi connectivity index (χ2v) is 2.06. The first kappa shape index (κ1) is 8.19. The summed E-state index contributed by atoms with van der Waals surface area (Å²) in [6, 6.07) is 2.96.